The number of hydrogen-bond acceptors (Lipinski definition) is 4. The highest BCUT2D eigenvalue weighted by Crippen LogP contribution is 2.30. The van der Waals surface area contributed by atoms with Crippen molar-refractivity contribution in [1.29, 1.82) is 0 Å². The third kappa shape index (κ3) is 2.83. The van der Waals surface area contributed by atoms with Gasteiger partial charge in [0.05, 0.1) is 22.4 Å². The SMILES string of the molecule is Clc1cc(Cl)cc(CNc2c(Cl)ccc3nsnc23)c1. The molecule has 3 aromatic rings. The monoisotopic (exact) mass is 343 g/mol. The minimum absolute atomic E-state index is 0.552. The van der Waals surface area contributed by atoms with Crippen LogP contribution in [0.15, 0.2) is 30.3 Å². The number of nitrogens with zero attached hydrogens (tertiary/aromatic N) is 2. The summed E-state index contributed by atoms with van der Waals surface area (Å²) in [4.78, 5) is 0. The van der Waals surface area contributed by atoms with Crippen LogP contribution >= 0.6 is 46.5 Å². The number of fused-ring (bicyclic) bond motifs is 1. The molecular formula is C13H8Cl3N3S. The normalized spacial score (nSPS) is 10.9. The highest BCUT2D eigenvalue weighted by atomic mass is 35.5. The Labute approximate surface area is 134 Å². The van der Waals surface area contributed by atoms with Crippen LogP contribution in [0.25, 0.3) is 11.0 Å². The van der Waals surface area contributed by atoms with Crippen molar-refractivity contribution in [3.05, 3.63) is 51.0 Å². The van der Waals surface area contributed by atoms with Gasteiger partial charge in [-0.3, -0.25) is 0 Å². The molecule has 1 N–H and O–H groups in total. The molecule has 7 heteroatoms. The van der Waals surface area contributed by atoms with Crippen LogP contribution in [-0.4, -0.2) is 8.75 Å². The zero-order valence-corrected chi connectivity index (χ0v) is 13.1. The summed E-state index contributed by atoms with van der Waals surface area (Å²) in [7, 11) is 0. The Morgan fingerprint density at radius 3 is 2.50 bits per heavy atom. The van der Waals surface area contributed by atoms with E-state index in [9.17, 15) is 0 Å². The number of benzene rings is 2. The minimum atomic E-state index is 0.552. The smallest absolute Gasteiger partial charge is 0.129 e. The lowest BCUT2D eigenvalue weighted by Crippen LogP contribution is -2.01. The van der Waals surface area contributed by atoms with E-state index in [4.69, 9.17) is 34.8 Å². The van der Waals surface area contributed by atoms with Crippen LogP contribution in [0.2, 0.25) is 15.1 Å². The van der Waals surface area contributed by atoms with Gasteiger partial charge in [-0.15, -0.1) is 0 Å². The Morgan fingerprint density at radius 2 is 1.75 bits per heavy atom. The fraction of sp³-hybridized carbons (Fsp3) is 0.0769. The maximum atomic E-state index is 6.21. The zero-order valence-electron chi connectivity index (χ0n) is 10.0. The summed E-state index contributed by atoms with van der Waals surface area (Å²) in [6.45, 7) is 0.552. The van der Waals surface area contributed by atoms with Crippen LogP contribution in [0.5, 0.6) is 0 Å². The lowest BCUT2D eigenvalue weighted by Gasteiger charge is -2.09. The second kappa shape index (κ2) is 5.74. The first-order chi connectivity index (χ1) is 9.63. The van der Waals surface area contributed by atoms with Crippen LogP contribution in [0.1, 0.15) is 5.56 Å². The van der Waals surface area contributed by atoms with Gasteiger partial charge in [0.2, 0.25) is 0 Å². The van der Waals surface area contributed by atoms with Gasteiger partial charge in [0.1, 0.15) is 11.0 Å². The Kier molecular flexibility index (Phi) is 3.98. The molecule has 1 aromatic heterocycles. The van der Waals surface area contributed by atoms with Crippen LogP contribution in [-0.2, 0) is 6.54 Å². The van der Waals surface area contributed by atoms with Gasteiger partial charge in [0.25, 0.3) is 0 Å². The summed E-state index contributed by atoms with van der Waals surface area (Å²) >= 11 is 19.3. The first-order valence-corrected chi connectivity index (χ1v) is 7.59. The van der Waals surface area contributed by atoms with E-state index in [-0.39, 0.29) is 0 Å². The van der Waals surface area contributed by atoms with Crippen LogP contribution < -0.4 is 5.32 Å². The van der Waals surface area contributed by atoms with Gasteiger partial charge in [0.15, 0.2) is 0 Å². The third-order valence-corrected chi connectivity index (χ3v) is 4.06. The lowest BCUT2D eigenvalue weighted by atomic mass is 10.2. The van der Waals surface area contributed by atoms with Gasteiger partial charge in [-0.25, -0.2) is 0 Å². The molecule has 0 atom stereocenters. The predicted molar refractivity (Wildman–Crippen MR) is 86.2 cm³/mol. The third-order valence-electron chi connectivity index (χ3n) is 2.77. The standard InChI is InChI=1S/C13H8Cl3N3S/c14-8-3-7(4-9(15)5-8)6-17-12-10(16)1-2-11-13(12)19-20-18-11/h1-5,17H,6H2. The highest BCUT2D eigenvalue weighted by molar-refractivity contribution is 7.00. The number of hydrogen-bond donors (Lipinski definition) is 1. The van der Waals surface area contributed by atoms with Crippen molar-refractivity contribution in [3.63, 3.8) is 0 Å². The average Bonchev–Trinajstić information content (AvgIpc) is 2.85. The molecule has 0 aliphatic rings. The van der Waals surface area contributed by atoms with Crippen molar-refractivity contribution in [2.24, 2.45) is 0 Å². The summed E-state index contributed by atoms with van der Waals surface area (Å²) in [6.07, 6.45) is 0. The molecule has 20 heavy (non-hydrogen) atoms. The molecule has 0 spiro atoms. The van der Waals surface area contributed by atoms with Crippen LogP contribution in [0.3, 0.4) is 0 Å². The summed E-state index contributed by atoms with van der Waals surface area (Å²) < 4.78 is 8.45. The highest BCUT2D eigenvalue weighted by Gasteiger charge is 2.09. The molecular weight excluding hydrogens is 337 g/mol. The first kappa shape index (κ1) is 13.9. The molecule has 2 aromatic carbocycles. The summed E-state index contributed by atoms with van der Waals surface area (Å²) in [6, 6.07) is 9.06. The van der Waals surface area contributed by atoms with E-state index in [0.29, 0.717) is 21.6 Å². The van der Waals surface area contributed by atoms with Gasteiger partial charge < -0.3 is 5.32 Å². The van der Waals surface area contributed by atoms with Crippen LogP contribution in [0.4, 0.5) is 5.69 Å². The minimum Gasteiger partial charge on any atom is -0.378 e. The molecule has 0 bridgehead atoms. The maximum Gasteiger partial charge on any atom is 0.129 e. The van der Waals surface area contributed by atoms with Gasteiger partial charge in [-0.1, -0.05) is 34.8 Å². The topological polar surface area (TPSA) is 37.8 Å². The quantitative estimate of drug-likeness (QED) is 0.704. The average molecular weight is 345 g/mol. The van der Waals surface area contributed by atoms with Gasteiger partial charge in [0, 0.05) is 16.6 Å². The van der Waals surface area contributed by atoms with E-state index in [2.05, 4.69) is 14.1 Å². The van der Waals surface area contributed by atoms with Crippen molar-refractivity contribution < 1.29 is 0 Å². The van der Waals surface area contributed by atoms with E-state index < -0.39 is 0 Å². The fourth-order valence-corrected chi connectivity index (χ4v) is 3.23. The van der Waals surface area contributed by atoms with Crippen molar-refractivity contribution in [2.75, 3.05) is 5.32 Å². The first-order valence-electron chi connectivity index (χ1n) is 5.73. The Balaban J connectivity index is 1.90. The summed E-state index contributed by atoms with van der Waals surface area (Å²) in [5, 5.41) is 5.09. The number of halogens is 3. The predicted octanol–water partition coefficient (Wildman–Crippen LogP) is 5.26. The van der Waals surface area contributed by atoms with E-state index >= 15 is 0 Å². The molecule has 0 aliphatic carbocycles. The van der Waals surface area contributed by atoms with Crippen molar-refractivity contribution in [2.45, 2.75) is 6.54 Å². The molecule has 0 unspecified atom stereocenters. The number of nitrogens with one attached hydrogen (secondary N) is 1. The van der Waals surface area contributed by atoms with Gasteiger partial charge in [-0.05, 0) is 35.9 Å². The largest absolute Gasteiger partial charge is 0.378 e. The molecule has 0 saturated heterocycles. The van der Waals surface area contributed by atoms with E-state index in [0.717, 1.165) is 34.0 Å². The Hall–Kier alpha value is -1.07. The molecule has 0 radical (unpaired) electrons. The molecule has 3 rings (SSSR count). The van der Waals surface area contributed by atoms with E-state index in [1.54, 1.807) is 12.1 Å². The fourth-order valence-electron chi connectivity index (χ4n) is 1.90. The number of anilines is 1. The van der Waals surface area contributed by atoms with Crippen molar-refractivity contribution >= 4 is 63.3 Å². The second-order valence-electron chi connectivity index (χ2n) is 4.19. The van der Waals surface area contributed by atoms with Crippen molar-refractivity contribution in [1.82, 2.24) is 8.75 Å². The number of aromatic nitrogens is 2. The van der Waals surface area contributed by atoms with Gasteiger partial charge >= 0.3 is 0 Å². The van der Waals surface area contributed by atoms with Crippen molar-refractivity contribution in [3.8, 4) is 0 Å². The molecule has 102 valence electrons. The molecule has 1 heterocycles. The zero-order chi connectivity index (χ0) is 14.1. The molecule has 0 saturated carbocycles. The lowest BCUT2D eigenvalue weighted by molar-refractivity contribution is 1.15. The van der Waals surface area contributed by atoms with E-state index in [1.165, 1.54) is 0 Å². The van der Waals surface area contributed by atoms with Gasteiger partial charge in [-0.2, -0.15) is 8.75 Å². The Bertz CT molecular complexity index is 752. The summed E-state index contributed by atoms with van der Waals surface area (Å²) in [5.74, 6) is 0. The molecule has 0 amide bonds. The molecule has 0 fully saturated rings. The van der Waals surface area contributed by atoms with E-state index in [1.807, 2.05) is 18.2 Å². The Morgan fingerprint density at radius 1 is 1.00 bits per heavy atom. The second-order valence-corrected chi connectivity index (χ2v) is 5.99. The molecule has 0 aliphatic heterocycles. The van der Waals surface area contributed by atoms with Crippen LogP contribution in [0, 0.1) is 0 Å². The maximum absolute atomic E-state index is 6.21. The number of rotatable bonds is 3. The summed E-state index contributed by atoms with van der Waals surface area (Å²) in [5.41, 5.74) is 3.34. The molecule has 3 nitrogen and oxygen atoms in total.